The van der Waals surface area contributed by atoms with Crippen molar-refractivity contribution in [1.29, 1.82) is 0 Å². The van der Waals surface area contributed by atoms with Crippen LogP contribution < -0.4 is 4.72 Å². The molecule has 8 nitrogen and oxygen atoms in total. The molecule has 1 aromatic heterocycles. The standard InChI is InChI=1S/C14H16BrFN4O4S/c1-17-25(22,23)6-2-3-12-14(20-24-19-12)13(18-21)8-9-4-5-11(16)10(15)7-9/h4-5,7,17,21H,2-3,6,8H2,1H3/b18-13+/i1D3. The first kappa shape index (κ1) is 15.4. The Morgan fingerprint density at radius 3 is 3.00 bits per heavy atom. The zero-order valence-corrected chi connectivity index (χ0v) is 15.1. The fraction of sp³-hybridized carbons (Fsp3) is 0.357. The first-order valence-corrected chi connectivity index (χ1v) is 9.43. The van der Waals surface area contributed by atoms with Crippen molar-refractivity contribution in [3.63, 3.8) is 0 Å². The van der Waals surface area contributed by atoms with Gasteiger partial charge in [0.25, 0.3) is 0 Å². The van der Waals surface area contributed by atoms with Gasteiger partial charge in [-0.2, -0.15) is 0 Å². The average molecular weight is 438 g/mol. The topological polar surface area (TPSA) is 118 Å². The summed E-state index contributed by atoms with van der Waals surface area (Å²) in [4.78, 5) is 0. The molecule has 136 valence electrons. The molecule has 0 saturated carbocycles. The van der Waals surface area contributed by atoms with Crippen molar-refractivity contribution in [2.45, 2.75) is 19.3 Å². The molecule has 0 aliphatic carbocycles. The van der Waals surface area contributed by atoms with Crippen LogP contribution >= 0.6 is 15.9 Å². The van der Waals surface area contributed by atoms with E-state index in [9.17, 15) is 18.0 Å². The van der Waals surface area contributed by atoms with Gasteiger partial charge in [-0.15, -0.1) is 0 Å². The second-order valence-corrected chi connectivity index (χ2v) is 7.75. The molecule has 2 N–H and O–H groups in total. The number of nitrogens with zero attached hydrogens (tertiary/aromatic N) is 3. The lowest BCUT2D eigenvalue weighted by molar-refractivity contribution is 0.300. The van der Waals surface area contributed by atoms with Crippen molar-refractivity contribution in [3.05, 3.63) is 45.4 Å². The molecule has 0 spiro atoms. The van der Waals surface area contributed by atoms with Crippen molar-refractivity contribution in [2.75, 3.05) is 12.7 Å². The van der Waals surface area contributed by atoms with Gasteiger partial charge in [0.1, 0.15) is 17.2 Å². The number of hydrogen-bond acceptors (Lipinski definition) is 7. The quantitative estimate of drug-likeness (QED) is 0.369. The first-order chi connectivity index (χ1) is 13.0. The second-order valence-electron chi connectivity index (χ2n) is 5.06. The summed E-state index contributed by atoms with van der Waals surface area (Å²) in [5.41, 5.74) is 1.10. The lowest BCUT2D eigenvalue weighted by atomic mass is 10.0. The predicted molar refractivity (Wildman–Crippen MR) is 91.6 cm³/mol. The van der Waals surface area contributed by atoms with E-state index < -0.39 is 28.6 Å². The Bertz CT molecular complexity index is 966. The Balaban J connectivity index is 2.06. The van der Waals surface area contributed by atoms with Gasteiger partial charge in [-0.05, 0) is 58.6 Å². The second kappa shape index (κ2) is 8.50. The summed E-state index contributed by atoms with van der Waals surface area (Å²) in [6, 6.07) is 4.27. The van der Waals surface area contributed by atoms with E-state index in [0.29, 0.717) is 5.56 Å². The van der Waals surface area contributed by atoms with Crippen LogP contribution in [-0.2, 0) is 22.9 Å². The Morgan fingerprint density at radius 1 is 1.52 bits per heavy atom. The SMILES string of the molecule is [2H]C([2H])([2H])NS(=O)(=O)CCCc1nonc1/C(Cc1ccc(F)c(Br)c1)=N/O. The molecule has 0 radical (unpaired) electrons. The number of sulfonamides is 1. The molecule has 0 fully saturated rings. The molecule has 11 heteroatoms. The van der Waals surface area contributed by atoms with E-state index in [1.54, 1.807) is 4.72 Å². The number of aromatic nitrogens is 2. The van der Waals surface area contributed by atoms with Gasteiger partial charge >= 0.3 is 0 Å². The van der Waals surface area contributed by atoms with Crippen molar-refractivity contribution < 1.29 is 26.8 Å². The molecule has 0 atom stereocenters. The Hall–Kier alpha value is -1.85. The lowest BCUT2D eigenvalue weighted by Crippen LogP contribution is -2.22. The molecular weight excluding hydrogens is 419 g/mol. The highest BCUT2D eigenvalue weighted by Crippen LogP contribution is 2.19. The highest BCUT2D eigenvalue weighted by atomic mass is 79.9. The zero-order chi connectivity index (χ0) is 20.9. The van der Waals surface area contributed by atoms with Gasteiger partial charge in [0.05, 0.1) is 10.2 Å². The summed E-state index contributed by atoms with van der Waals surface area (Å²) in [6.07, 6.45) is 0.218. The summed E-state index contributed by atoms with van der Waals surface area (Å²) < 4.78 is 64.1. The number of rotatable bonds is 8. The zero-order valence-electron chi connectivity index (χ0n) is 15.7. The number of aryl methyl sites for hydroxylation is 1. The molecule has 0 aliphatic rings. The van der Waals surface area contributed by atoms with Crippen molar-refractivity contribution >= 4 is 31.7 Å². The maximum absolute atomic E-state index is 13.3. The first-order valence-electron chi connectivity index (χ1n) is 8.49. The number of halogens is 2. The van der Waals surface area contributed by atoms with E-state index in [2.05, 4.69) is 36.0 Å². The van der Waals surface area contributed by atoms with Crippen molar-refractivity contribution in [3.8, 4) is 0 Å². The van der Waals surface area contributed by atoms with E-state index in [0.717, 1.165) is 0 Å². The Morgan fingerprint density at radius 2 is 2.32 bits per heavy atom. The van der Waals surface area contributed by atoms with E-state index in [-0.39, 0.29) is 40.8 Å². The fourth-order valence-electron chi connectivity index (χ4n) is 2.08. The van der Waals surface area contributed by atoms with E-state index in [1.165, 1.54) is 18.2 Å². The van der Waals surface area contributed by atoms with Crippen LogP contribution in [-0.4, -0.2) is 42.4 Å². The third-order valence-electron chi connectivity index (χ3n) is 3.29. The Labute approximate surface area is 156 Å². The lowest BCUT2D eigenvalue weighted by Gasteiger charge is -2.05. The van der Waals surface area contributed by atoms with Crippen LogP contribution in [0.4, 0.5) is 4.39 Å². The molecular formula is C14H16BrFN4O4S. The molecule has 1 aromatic carbocycles. The summed E-state index contributed by atoms with van der Waals surface area (Å²) in [5, 5.41) is 19.9. The summed E-state index contributed by atoms with van der Waals surface area (Å²) in [7, 11) is -4.00. The third kappa shape index (κ3) is 5.31. The van der Waals surface area contributed by atoms with Crippen LogP contribution in [0, 0.1) is 5.82 Å². The average Bonchev–Trinajstić information content (AvgIpc) is 3.01. The van der Waals surface area contributed by atoms with E-state index in [1.807, 2.05) is 0 Å². The molecule has 1 heterocycles. The fourth-order valence-corrected chi connectivity index (χ4v) is 3.13. The minimum absolute atomic E-state index is 0.0352. The number of benzene rings is 1. The molecule has 2 aromatic rings. The molecule has 0 unspecified atom stereocenters. The van der Waals surface area contributed by atoms with Crippen LogP contribution in [0.1, 0.15) is 27.5 Å². The molecule has 0 aliphatic heterocycles. The number of hydrogen-bond donors (Lipinski definition) is 2. The molecule has 25 heavy (non-hydrogen) atoms. The Kier molecular flexibility index (Phi) is 5.24. The van der Waals surface area contributed by atoms with E-state index in [4.69, 9.17) is 4.11 Å². The number of nitrogens with one attached hydrogen (secondary N) is 1. The van der Waals surface area contributed by atoms with Crippen LogP contribution in [0.25, 0.3) is 0 Å². The minimum atomic E-state index is -4.00. The van der Waals surface area contributed by atoms with Gasteiger partial charge in [-0.1, -0.05) is 16.4 Å². The summed E-state index contributed by atoms with van der Waals surface area (Å²) in [6.45, 7) is -2.81. The van der Waals surface area contributed by atoms with Crippen LogP contribution in [0.15, 0.2) is 32.5 Å². The number of oxime groups is 1. The monoisotopic (exact) mass is 437 g/mol. The van der Waals surface area contributed by atoms with E-state index >= 15 is 0 Å². The van der Waals surface area contributed by atoms with Gasteiger partial charge < -0.3 is 5.21 Å². The van der Waals surface area contributed by atoms with Crippen molar-refractivity contribution in [1.82, 2.24) is 15.0 Å². The van der Waals surface area contributed by atoms with Crippen LogP contribution in [0.5, 0.6) is 0 Å². The summed E-state index contributed by atoms with van der Waals surface area (Å²) in [5.74, 6) is -0.893. The summed E-state index contributed by atoms with van der Waals surface area (Å²) >= 11 is 3.07. The maximum Gasteiger partial charge on any atom is 0.211 e. The molecule has 0 bridgehead atoms. The maximum atomic E-state index is 13.3. The smallest absolute Gasteiger partial charge is 0.211 e. The van der Waals surface area contributed by atoms with Crippen LogP contribution in [0.2, 0.25) is 0 Å². The third-order valence-corrected chi connectivity index (χ3v) is 5.03. The molecule has 0 saturated heterocycles. The van der Waals surface area contributed by atoms with Crippen molar-refractivity contribution in [2.24, 2.45) is 5.16 Å². The van der Waals surface area contributed by atoms with Gasteiger partial charge in [0.15, 0.2) is 5.69 Å². The predicted octanol–water partition coefficient (Wildman–Crippen LogP) is 1.87. The van der Waals surface area contributed by atoms with Gasteiger partial charge in [0.2, 0.25) is 10.0 Å². The molecule has 2 rings (SSSR count). The van der Waals surface area contributed by atoms with Gasteiger partial charge in [0, 0.05) is 10.5 Å². The highest BCUT2D eigenvalue weighted by molar-refractivity contribution is 9.10. The minimum Gasteiger partial charge on any atom is -0.411 e. The van der Waals surface area contributed by atoms with Crippen LogP contribution in [0.3, 0.4) is 0 Å². The van der Waals surface area contributed by atoms with Gasteiger partial charge in [-0.3, -0.25) is 0 Å². The van der Waals surface area contributed by atoms with Gasteiger partial charge in [-0.25, -0.2) is 22.2 Å². The largest absolute Gasteiger partial charge is 0.411 e. The normalized spacial score (nSPS) is 14.8. The molecule has 0 amide bonds. The highest BCUT2D eigenvalue weighted by Gasteiger charge is 2.19.